The number of likely N-dealkylation sites (tertiary alicyclic amines) is 1. The van der Waals surface area contributed by atoms with Crippen molar-refractivity contribution in [2.75, 3.05) is 19.7 Å². The highest BCUT2D eigenvalue weighted by molar-refractivity contribution is 5.77. The number of hydrogen-bond donors (Lipinski definition) is 0. The van der Waals surface area contributed by atoms with Crippen LogP contribution in [0.15, 0.2) is 18.2 Å². The zero-order valence-corrected chi connectivity index (χ0v) is 12.1. The van der Waals surface area contributed by atoms with Crippen LogP contribution in [-0.2, 0) is 4.79 Å². The van der Waals surface area contributed by atoms with E-state index in [9.17, 15) is 4.79 Å². The number of hydrogen-bond acceptors (Lipinski definition) is 2. The molecule has 0 bridgehead atoms. The largest absolute Gasteiger partial charge is 0.484 e. The highest BCUT2D eigenvalue weighted by atomic mass is 16.5. The van der Waals surface area contributed by atoms with Crippen LogP contribution in [0.4, 0.5) is 0 Å². The normalized spacial score (nSPS) is 19.3. The second kappa shape index (κ2) is 6.09. The zero-order valence-electron chi connectivity index (χ0n) is 12.1. The van der Waals surface area contributed by atoms with Crippen LogP contribution in [0, 0.1) is 19.8 Å². The fraction of sp³-hybridized carbons (Fsp3) is 0.562. The first-order valence-electron chi connectivity index (χ1n) is 7.03. The lowest BCUT2D eigenvalue weighted by Gasteiger charge is -2.30. The molecule has 1 saturated heterocycles. The molecule has 0 spiro atoms. The Kier molecular flexibility index (Phi) is 4.46. The fourth-order valence-corrected chi connectivity index (χ4v) is 2.67. The van der Waals surface area contributed by atoms with Crippen molar-refractivity contribution in [1.29, 1.82) is 0 Å². The van der Waals surface area contributed by atoms with Crippen molar-refractivity contribution in [3.8, 4) is 5.75 Å². The fourth-order valence-electron chi connectivity index (χ4n) is 2.67. The average molecular weight is 261 g/mol. The minimum atomic E-state index is 0.103. The van der Waals surface area contributed by atoms with Gasteiger partial charge >= 0.3 is 0 Å². The molecule has 1 heterocycles. The molecule has 3 heteroatoms. The summed E-state index contributed by atoms with van der Waals surface area (Å²) in [5.41, 5.74) is 2.32. The van der Waals surface area contributed by atoms with Crippen molar-refractivity contribution >= 4 is 5.91 Å². The molecule has 0 saturated carbocycles. The molecular weight excluding hydrogens is 238 g/mol. The van der Waals surface area contributed by atoms with E-state index in [1.165, 1.54) is 6.42 Å². The Bertz CT molecular complexity index is 436. The van der Waals surface area contributed by atoms with Crippen LogP contribution in [0.2, 0.25) is 0 Å². The Morgan fingerprint density at radius 2 is 2.00 bits per heavy atom. The summed E-state index contributed by atoms with van der Waals surface area (Å²) in [6.45, 7) is 8.16. The van der Waals surface area contributed by atoms with Gasteiger partial charge in [0.25, 0.3) is 5.91 Å². The number of nitrogens with zero attached hydrogens (tertiary/aromatic N) is 1. The zero-order chi connectivity index (χ0) is 13.8. The third-order valence-corrected chi connectivity index (χ3v) is 3.57. The van der Waals surface area contributed by atoms with E-state index in [2.05, 4.69) is 13.0 Å². The second-order valence-electron chi connectivity index (χ2n) is 5.70. The van der Waals surface area contributed by atoms with Crippen LogP contribution in [0.5, 0.6) is 5.75 Å². The van der Waals surface area contributed by atoms with E-state index in [1.54, 1.807) is 0 Å². The van der Waals surface area contributed by atoms with Gasteiger partial charge in [0.1, 0.15) is 5.75 Å². The van der Waals surface area contributed by atoms with E-state index in [1.807, 2.05) is 30.9 Å². The first-order chi connectivity index (χ1) is 9.04. The SMILES string of the molecule is Cc1cc(C)cc(OCC(=O)N2CCC[C@H](C)C2)c1. The Hall–Kier alpha value is -1.51. The van der Waals surface area contributed by atoms with Crippen molar-refractivity contribution < 1.29 is 9.53 Å². The molecule has 1 aromatic rings. The topological polar surface area (TPSA) is 29.5 Å². The van der Waals surface area contributed by atoms with Gasteiger partial charge < -0.3 is 9.64 Å². The summed E-state index contributed by atoms with van der Waals surface area (Å²) in [7, 11) is 0. The van der Waals surface area contributed by atoms with Crippen molar-refractivity contribution in [3.05, 3.63) is 29.3 Å². The highest BCUT2D eigenvalue weighted by Gasteiger charge is 2.21. The lowest BCUT2D eigenvalue weighted by atomic mass is 10.0. The van der Waals surface area contributed by atoms with Gasteiger partial charge in [0.15, 0.2) is 6.61 Å². The maximum absolute atomic E-state index is 12.1. The van der Waals surface area contributed by atoms with Crippen molar-refractivity contribution in [2.45, 2.75) is 33.6 Å². The third kappa shape index (κ3) is 3.98. The molecule has 0 unspecified atom stereocenters. The molecule has 104 valence electrons. The number of amides is 1. The van der Waals surface area contributed by atoms with Gasteiger partial charge in [0.05, 0.1) is 0 Å². The van der Waals surface area contributed by atoms with Crippen LogP contribution in [0.25, 0.3) is 0 Å². The molecule has 0 radical (unpaired) electrons. The minimum Gasteiger partial charge on any atom is -0.484 e. The van der Waals surface area contributed by atoms with Crippen molar-refractivity contribution in [3.63, 3.8) is 0 Å². The van der Waals surface area contributed by atoms with Gasteiger partial charge in [-0.2, -0.15) is 0 Å². The van der Waals surface area contributed by atoms with E-state index in [0.29, 0.717) is 5.92 Å². The van der Waals surface area contributed by atoms with Gasteiger partial charge in [0.2, 0.25) is 0 Å². The summed E-state index contributed by atoms with van der Waals surface area (Å²) in [5, 5.41) is 0. The average Bonchev–Trinajstić information content (AvgIpc) is 2.35. The Labute approximate surface area is 115 Å². The molecule has 0 N–H and O–H groups in total. The number of aryl methyl sites for hydroxylation is 2. The molecule has 2 rings (SSSR count). The smallest absolute Gasteiger partial charge is 0.260 e. The summed E-state index contributed by atoms with van der Waals surface area (Å²) in [6.07, 6.45) is 2.33. The number of piperidine rings is 1. The molecule has 19 heavy (non-hydrogen) atoms. The standard InChI is InChI=1S/C16H23NO2/c1-12-5-4-6-17(10-12)16(18)11-19-15-8-13(2)7-14(3)9-15/h7-9,12H,4-6,10-11H2,1-3H3/t12-/m0/s1. The summed E-state index contributed by atoms with van der Waals surface area (Å²) in [5.74, 6) is 1.50. The maximum Gasteiger partial charge on any atom is 0.260 e. The van der Waals surface area contributed by atoms with E-state index in [4.69, 9.17) is 4.74 Å². The minimum absolute atomic E-state index is 0.103. The number of carbonyl (C=O) groups excluding carboxylic acids is 1. The molecule has 0 aromatic heterocycles. The van der Waals surface area contributed by atoms with Gasteiger partial charge in [-0.3, -0.25) is 4.79 Å². The number of rotatable bonds is 3. The van der Waals surface area contributed by atoms with E-state index in [0.717, 1.165) is 36.4 Å². The number of benzene rings is 1. The van der Waals surface area contributed by atoms with E-state index < -0.39 is 0 Å². The Morgan fingerprint density at radius 1 is 1.32 bits per heavy atom. The Balaban J connectivity index is 1.89. The number of ether oxygens (including phenoxy) is 1. The van der Waals surface area contributed by atoms with Crippen LogP contribution in [0.1, 0.15) is 30.9 Å². The summed E-state index contributed by atoms with van der Waals surface area (Å²) >= 11 is 0. The predicted octanol–water partition coefficient (Wildman–Crippen LogP) is 2.94. The quantitative estimate of drug-likeness (QED) is 0.837. The number of carbonyl (C=O) groups is 1. The second-order valence-corrected chi connectivity index (χ2v) is 5.70. The highest BCUT2D eigenvalue weighted by Crippen LogP contribution is 2.18. The maximum atomic E-state index is 12.1. The van der Waals surface area contributed by atoms with Crippen LogP contribution >= 0.6 is 0 Å². The van der Waals surface area contributed by atoms with Gasteiger partial charge in [0, 0.05) is 13.1 Å². The van der Waals surface area contributed by atoms with Crippen LogP contribution in [0.3, 0.4) is 0 Å². The molecule has 1 atom stereocenters. The first-order valence-corrected chi connectivity index (χ1v) is 7.03. The van der Waals surface area contributed by atoms with E-state index >= 15 is 0 Å². The molecule has 1 aliphatic heterocycles. The monoisotopic (exact) mass is 261 g/mol. The molecule has 3 nitrogen and oxygen atoms in total. The molecular formula is C16H23NO2. The summed E-state index contributed by atoms with van der Waals surface area (Å²) in [4.78, 5) is 14.0. The predicted molar refractivity (Wildman–Crippen MR) is 76.4 cm³/mol. The Morgan fingerprint density at radius 3 is 2.63 bits per heavy atom. The molecule has 1 amide bonds. The van der Waals surface area contributed by atoms with Crippen molar-refractivity contribution in [2.24, 2.45) is 5.92 Å². The van der Waals surface area contributed by atoms with Gasteiger partial charge in [-0.1, -0.05) is 13.0 Å². The van der Waals surface area contributed by atoms with Crippen LogP contribution in [-0.4, -0.2) is 30.5 Å². The summed E-state index contributed by atoms with van der Waals surface area (Å²) < 4.78 is 5.63. The molecule has 1 aliphatic rings. The molecule has 1 fully saturated rings. The van der Waals surface area contributed by atoms with Crippen molar-refractivity contribution in [1.82, 2.24) is 4.90 Å². The van der Waals surface area contributed by atoms with E-state index in [-0.39, 0.29) is 12.5 Å². The van der Waals surface area contributed by atoms with Gasteiger partial charge in [-0.15, -0.1) is 0 Å². The van der Waals surface area contributed by atoms with Gasteiger partial charge in [-0.05, 0) is 55.9 Å². The lowest BCUT2D eigenvalue weighted by Crippen LogP contribution is -2.41. The van der Waals surface area contributed by atoms with Crippen LogP contribution < -0.4 is 4.74 Å². The third-order valence-electron chi connectivity index (χ3n) is 3.57. The summed E-state index contributed by atoms with van der Waals surface area (Å²) in [6, 6.07) is 6.04. The first kappa shape index (κ1) is 13.9. The molecule has 0 aliphatic carbocycles. The molecule has 1 aromatic carbocycles. The lowest BCUT2D eigenvalue weighted by molar-refractivity contribution is -0.135. The van der Waals surface area contributed by atoms with Gasteiger partial charge in [-0.25, -0.2) is 0 Å².